The number of rotatable bonds is 1. The highest BCUT2D eigenvalue weighted by Gasteiger charge is 2.33. The number of aromatic nitrogens is 3. The largest absolute Gasteiger partial charge is 0.506 e. The van der Waals surface area contributed by atoms with Crippen LogP contribution in [0.3, 0.4) is 0 Å². The zero-order valence-electron chi connectivity index (χ0n) is 15.5. The molecule has 0 saturated heterocycles. The molecule has 0 radical (unpaired) electrons. The second-order valence-electron chi connectivity index (χ2n) is 6.27. The number of anilines is 1. The first-order valence-corrected chi connectivity index (χ1v) is 10.1. The van der Waals surface area contributed by atoms with Crippen molar-refractivity contribution >= 4 is 39.5 Å². The number of pyridine rings is 1. The number of carbonyl (C=O) groups excluding carboxylic acids is 1. The molecule has 2 N–H and O–H groups in total. The van der Waals surface area contributed by atoms with Crippen LogP contribution < -0.4 is 9.46 Å². The molecule has 0 aliphatic carbocycles. The van der Waals surface area contributed by atoms with Gasteiger partial charge in [-0.25, -0.2) is 9.78 Å². The Morgan fingerprint density at radius 2 is 2.10 bits per heavy atom. The fourth-order valence-corrected chi connectivity index (χ4v) is 4.17. The molecule has 31 heavy (non-hydrogen) atoms. The average Bonchev–Trinajstić information content (AvgIpc) is 3.17. The van der Waals surface area contributed by atoms with E-state index in [0.717, 1.165) is 18.1 Å². The number of benzene rings is 1. The van der Waals surface area contributed by atoms with Gasteiger partial charge in [0.05, 0.1) is 22.0 Å². The number of halogens is 4. The van der Waals surface area contributed by atoms with E-state index in [2.05, 4.69) is 30.7 Å². The van der Waals surface area contributed by atoms with Crippen LogP contribution in [-0.2, 0) is 17.6 Å². The first-order valence-electron chi connectivity index (χ1n) is 8.50. The molecule has 1 aliphatic rings. The summed E-state index contributed by atoms with van der Waals surface area (Å²) in [6, 6.07) is 4.26. The fourth-order valence-electron chi connectivity index (χ4n) is 2.82. The van der Waals surface area contributed by atoms with E-state index in [0.29, 0.717) is 16.1 Å². The topological polar surface area (TPSA) is 98.5 Å². The zero-order valence-corrected chi connectivity index (χ0v) is 17.9. The summed E-state index contributed by atoms with van der Waals surface area (Å²) in [5, 5.41) is 13.8. The van der Waals surface area contributed by atoms with Crippen LogP contribution in [0, 0.1) is 0 Å². The van der Waals surface area contributed by atoms with E-state index in [9.17, 15) is 23.1 Å². The maximum atomic E-state index is 13.2. The molecule has 0 fully saturated rings. The van der Waals surface area contributed by atoms with Crippen molar-refractivity contribution in [2.45, 2.75) is 17.8 Å². The predicted octanol–water partition coefficient (Wildman–Crippen LogP) is 4.69. The molecule has 162 valence electrons. The number of nitrogens with zero attached hydrogens (tertiary/aromatic N) is 3. The van der Waals surface area contributed by atoms with Crippen molar-refractivity contribution in [1.82, 2.24) is 14.8 Å². The van der Waals surface area contributed by atoms with Crippen LogP contribution in [0.1, 0.15) is 16.1 Å². The van der Waals surface area contributed by atoms with Gasteiger partial charge in [-0.05, 0) is 46.1 Å². The summed E-state index contributed by atoms with van der Waals surface area (Å²) < 4.78 is 53.1. The summed E-state index contributed by atoms with van der Waals surface area (Å²) in [4.78, 5) is 16.9. The van der Waals surface area contributed by atoms with Gasteiger partial charge in [-0.15, -0.1) is 13.2 Å². The van der Waals surface area contributed by atoms with E-state index in [1.165, 1.54) is 31.5 Å². The Morgan fingerprint density at radius 3 is 2.81 bits per heavy atom. The number of phenolic OH excluding ortho intramolecular Hbond substituents is 1. The number of hydrogen-bond acceptors (Lipinski definition) is 8. The van der Waals surface area contributed by atoms with E-state index in [1.807, 2.05) is 0 Å². The number of cyclic esters (lactones) is 1. The molecular formula is C18H12BrF3N4O4S. The van der Waals surface area contributed by atoms with Crippen molar-refractivity contribution < 1.29 is 32.5 Å². The molecule has 0 amide bonds. The quantitative estimate of drug-likeness (QED) is 0.355. The minimum absolute atomic E-state index is 0.0850. The maximum Gasteiger partial charge on any atom is 0.504 e. The fraction of sp³-hybridized carbons (Fsp3) is 0.167. The van der Waals surface area contributed by atoms with Crippen LogP contribution in [0.25, 0.3) is 11.1 Å². The van der Waals surface area contributed by atoms with Crippen molar-refractivity contribution in [3.8, 4) is 22.8 Å². The number of nitrogens with one attached hydrogen (secondary N) is 1. The molecule has 3 aromatic rings. The highest BCUT2D eigenvalue weighted by Crippen LogP contribution is 2.40. The lowest BCUT2D eigenvalue weighted by atomic mass is 10.1. The molecule has 0 saturated carbocycles. The van der Waals surface area contributed by atoms with Crippen LogP contribution in [0.5, 0.6) is 11.6 Å². The number of carbonyl (C=O) groups is 1. The normalized spacial score (nSPS) is 13.8. The van der Waals surface area contributed by atoms with Gasteiger partial charge in [-0.1, -0.05) is 0 Å². The monoisotopic (exact) mass is 516 g/mol. The molecule has 1 aliphatic heterocycles. The van der Waals surface area contributed by atoms with Crippen LogP contribution in [0.4, 0.5) is 18.9 Å². The van der Waals surface area contributed by atoms with Crippen LogP contribution in [0.2, 0.25) is 0 Å². The summed E-state index contributed by atoms with van der Waals surface area (Å²) in [7, 11) is 1.39. The minimum atomic E-state index is -4.75. The number of esters is 1. The van der Waals surface area contributed by atoms with Crippen LogP contribution in [0.15, 0.2) is 40.0 Å². The highest BCUT2D eigenvalue weighted by molar-refractivity contribution is 9.10. The Hall–Kier alpha value is -2.93. The van der Waals surface area contributed by atoms with Gasteiger partial charge in [-0.2, -0.15) is 9.78 Å². The lowest BCUT2D eigenvalue weighted by Gasteiger charge is -2.12. The van der Waals surface area contributed by atoms with Crippen LogP contribution in [-0.4, -0.2) is 33.0 Å². The highest BCUT2D eigenvalue weighted by atomic mass is 79.9. The molecule has 4 bridgehead atoms. The number of alkyl halides is 3. The number of methoxy groups -OCH3 is 1. The lowest BCUT2D eigenvalue weighted by Crippen LogP contribution is -2.17. The maximum absolute atomic E-state index is 13.2. The van der Waals surface area contributed by atoms with E-state index in [1.54, 1.807) is 0 Å². The Labute approximate surface area is 185 Å². The van der Waals surface area contributed by atoms with Crippen molar-refractivity contribution in [2.75, 3.05) is 11.8 Å². The van der Waals surface area contributed by atoms with Gasteiger partial charge in [0.1, 0.15) is 23.7 Å². The van der Waals surface area contributed by atoms with Gasteiger partial charge in [-0.3, -0.25) is 0 Å². The second kappa shape index (κ2) is 7.96. The van der Waals surface area contributed by atoms with E-state index in [4.69, 9.17) is 9.47 Å². The summed E-state index contributed by atoms with van der Waals surface area (Å²) >= 11 is 4.13. The Balaban J connectivity index is 1.88. The van der Waals surface area contributed by atoms with E-state index in [-0.39, 0.29) is 37.6 Å². The molecular weight excluding hydrogens is 505 g/mol. The van der Waals surface area contributed by atoms with Gasteiger partial charge in [0.25, 0.3) is 0 Å². The third kappa shape index (κ3) is 4.14. The predicted molar refractivity (Wildman–Crippen MR) is 108 cm³/mol. The van der Waals surface area contributed by atoms with E-state index >= 15 is 0 Å². The van der Waals surface area contributed by atoms with E-state index < -0.39 is 18.9 Å². The third-order valence-electron chi connectivity index (χ3n) is 4.28. The van der Waals surface area contributed by atoms with Crippen molar-refractivity contribution in [2.24, 2.45) is 0 Å². The minimum Gasteiger partial charge on any atom is -0.506 e. The summed E-state index contributed by atoms with van der Waals surface area (Å²) in [6.07, 6.45) is -2.63. The van der Waals surface area contributed by atoms with Crippen molar-refractivity contribution in [1.29, 1.82) is 0 Å². The molecule has 0 atom stereocenters. The smallest absolute Gasteiger partial charge is 0.504 e. The number of aromatic hydroxyl groups is 1. The second-order valence-corrected chi connectivity index (χ2v) is 7.97. The Morgan fingerprint density at radius 1 is 1.32 bits per heavy atom. The van der Waals surface area contributed by atoms with Gasteiger partial charge >= 0.3 is 12.3 Å². The lowest BCUT2D eigenvalue weighted by molar-refractivity contribution is -0.212. The molecule has 0 unspecified atom stereocenters. The number of hydrogen-bond donors (Lipinski definition) is 2. The molecule has 0 spiro atoms. The Bertz CT molecular complexity index is 1190. The third-order valence-corrected chi connectivity index (χ3v) is 5.74. The molecule has 2 aromatic heterocycles. The van der Waals surface area contributed by atoms with Gasteiger partial charge in [0, 0.05) is 23.5 Å². The van der Waals surface area contributed by atoms with Gasteiger partial charge in [0.2, 0.25) is 5.88 Å². The molecule has 13 heteroatoms. The van der Waals surface area contributed by atoms with Crippen molar-refractivity contribution in [3.63, 3.8) is 0 Å². The Kier molecular flexibility index (Phi) is 5.47. The average molecular weight is 517 g/mol. The summed E-state index contributed by atoms with van der Waals surface area (Å²) in [5.41, 5.74) is 0.698. The molecule has 8 nitrogen and oxygen atoms in total. The van der Waals surface area contributed by atoms with Gasteiger partial charge < -0.3 is 19.3 Å². The number of phenols is 1. The van der Waals surface area contributed by atoms with Crippen LogP contribution >= 0.6 is 27.9 Å². The molecule has 1 aromatic carbocycles. The first kappa shape index (κ1) is 21.3. The number of fused-ring (bicyclic) bond motifs is 6. The summed E-state index contributed by atoms with van der Waals surface area (Å²) in [6.45, 7) is -0.507. The number of ether oxygens (including phenoxy) is 2. The standard InChI is InChI=1S/C18H12BrF3N4O4S/c1-29-16-12-3-9(5-23-16)10-6-26(18(20,21)22)24-13(10)7-30-17(28)8-2-11(19)15(27)14(4-8)31-25-12/h2-6,25,27H,7H2,1H3. The first-order chi connectivity index (χ1) is 14.7. The molecule has 3 heterocycles. The van der Waals surface area contributed by atoms with Gasteiger partial charge in [0.15, 0.2) is 0 Å². The molecule has 4 rings (SSSR count). The SMILES string of the molecule is COc1ncc2cc1NSc1cc(cc(Br)c1O)C(=O)OCc1nn(C(F)(F)F)cc1-2. The van der Waals surface area contributed by atoms with Crippen molar-refractivity contribution in [3.05, 3.63) is 46.3 Å². The summed E-state index contributed by atoms with van der Waals surface area (Å²) in [5.74, 6) is -0.730. The zero-order chi connectivity index (χ0) is 22.3.